The Morgan fingerprint density at radius 1 is 1.37 bits per heavy atom. The maximum atomic E-state index is 12.5. The van der Waals surface area contributed by atoms with Gasteiger partial charge in [-0.25, -0.2) is 8.42 Å². The number of hydrogen-bond donors (Lipinski definition) is 1. The van der Waals surface area contributed by atoms with Crippen LogP contribution in [0.2, 0.25) is 0 Å². The van der Waals surface area contributed by atoms with Crippen molar-refractivity contribution >= 4 is 10.0 Å². The van der Waals surface area contributed by atoms with Crippen LogP contribution in [0, 0.1) is 5.41 Å². The zero-order chi connectivity index (χ0) is 14.5. The third-order valence-corrected chi connectivity index (χ3v) is 5.83. The summed E-state index contributed by atoms with van der Waals surface area (Å²) in [7, 11) is -3.58. The molecular formula is C12H21N3O3S. The fourth-order valence-corrected chi connectivity index (χ4v) is 3.84. The first kappa shape index (κ1) is 14.5. The van der Waals surface area contributed by atoms with Gasteiger partial charge in [-0.05, 0) is 13.8 Å². The molecule has 1 aliphatic rings. The molecule has 1 N–H and O–H groups in total. The van der Waals surface area contributed by atoms with E-state index in [2.05, 4.69) is 5.10 Å². The van der Waals surface area contributed by atoms with Gasteiger partial charge < -0.3 is 5.11 Å². The van der Waals surface area contributed by atoms with Crippen LogP contribution < -0.4 is 0 Å². The highest BCUT2D eigenvalue weighted by molar-refractivity contribution is 7.89. The average molecular weight is 287 g/mol. The number of rotatable bonds is 3. The standard InChI is InChI=1S/C12H21N3O3S/c1-5-14-7-10(6-13-14)19(17,18)15-8-11(2,3)12(4,16)9-15/h6-7,16H,5,8-9H2,1-4H3/t12-/m1/s1. The normalized spacial score (nSPS) is 27.8. The first-order chi connectivity index (χ1) is 8.60. The number of aliphatic hydroxyl groups is 1. The lowest BCUT2D eigenvalue weighted by atomic mass is 9.79. The first-order valence-corrected chi connectivity index (χ1v) is 7.79. The molecule has 0 saturated carbocycles. The summed E-state index contributed by atoms with van der Waals surface area (Å²) in [6.07, 6.45) is 2.88. The molecule has 1 saturated heterocycles. The Hall–Kier alpha value is -0.920. The van der Waals surface area contributed by atoms with Crippen LogP contribution in [0.4, 0.5) is 0 Å². The fraction of sp³-hybridized carbons (Fsp3) is 0.750. The van der Waals surface area contributed by atoms with Crippen molar-refractivity contribution in [1.29, 1.82) is 0 Å². The van der Waals surface area contributed by atoms with Crippen molar-refractivity contribution in [3.05, 3.63) is 12.4 Å². The van der Waals surface area contributed by atoms with Crippen LogP contribution in [0.15, 0.2) is 17.3 Å². The van der Waals surface area contributed by atoms with Gasteiger partial charge in [0.05, 0.1) is 11.8 Å². The molecular weight excluding hydrogens is 266 g/mol. The number of sulfonamides is 1. The molecule has 0 bridgehead atoms. The minimum absolute atomic E-state index is 0.111. The van der Waals surface area contributed by atoms with Crippen molar-refractivity contribution in [3.63, 3.8) is 0 Å². The summed E-state index contributed by atoms with van der Waals surface area (Å²) in [4.78, 5) is 0.183. The number of hydrogen-bond acceptors (Lipinski definition) is 4. The summed E-state index contributed by atoms with van der Waals surface area (Å²) in [5.41, 5.74) is -1.50. The van der Waals surface area contributed by atoms with E-state index in [1.165, 1.54) is 16.7 Å². The lowest BCUT2D eigenvalue weighted by molar-refractivity contribution is -0.0100. The van der Waals surface area contributed by atoms with Gasteiger partial charge in [-0.15, -0.1) is 0 Å². The van der Waals surface area contributed by atoms with E-state index in [0.717, 1.165) is 0 Å². The zero-order valence-corrected chi connectivity index (χ0v) is 12.6. The molecule has 1 atom stereocenters. The van der Waals surface area contributed by atoms with Crippen LogP contribution in [0.3, 0.4) is 0 Å². The quantitative estimate of drug-likeness (QED) is 0.887. The van der Waals surface area contributed by atoms with Crippen molar-refractivity contribution in [2.45, 2.75) is 44.7 Å². The lowest BCUT2D eigenvalue weighted by Gasteiger charge is -2.31. The molecule has 1 fully saturated rings. The van der Waals surface area contributed by atoms with Gasteiger partial charge in [0.1, 0.15) is 4.90 Å². The molecule has 108 valence electrons. The molecule has 0 spiro atoms. The van der Waals surface area contributed by atoms with E-state index in [-0.39, 0.29) is 11.4 Å². The molecule has 1 aliphatic heterocycles. The van der Waals surface area contributed by atoms with E-state index < -0.39 is 21.0 Å². The molecule has 2 rings (SSSR count). The summed E-state index contributed by atoms with van der Waals surface area (Å²) in [6.45, 7) is 8.36. The largest absolute Gasteiger partial charge is 0.388 e. The minimum Gasteiger partial charge on any atom is -0.388 e. The molecule has 6 nitrogen and oxygen atoms in total. The van der Waals surface area contributed by atoms with Gasteiger partial charge in [0.2, 0.25) is 10.0 Å². The Morgan fingerprint density at radius 3 is 2.42 bits per heavy atom. The van der Waals surface area contributed by atoms with Gasteiger partial charge in [0.15, 0.2) is 0 Å². The number of aromatic nitrogens is 2. The second-order valence-electron chi connectivity index (χ2n) is 5.96. The molecule has 0 aromatic carbocycles. The minimum atomic E-state index is -3.58. The third-order valence-electron chi connectivity index (χ3n) is 4.09. The molecule has 7 heteroatoms. The molecule has 2 heterocycles. The van der Waals surface area contributed by atoms with Crippen LogP contribution in [-0.2, 0) is 16.6 Å². The fourth-order valence-electron chi connectivity index (χ4n) is 2.19. The van der Waals surface area contributed by atoms with Crippen LogP contribution in [-0.4, -0.2) is 46.3 Å². The molecule has 1 aromatic heterocycles. The maximum Gasteiger partial charge on any atom is 0.246 e. The maximum absolute atomic E-state index is 12.5. The molecule has 19 heavy (non-hydrogen) atoms. The van der Waals surface area contributed by atoms with E-state index in [4.69, 9.17) is 0 Å². The van der Waals surface area contributed by atoms with Gasteiger partial charge in [0.25, 0.3) is 0 Å². The monoisotopic (exact) mass is 287 g/mol. The van der Waals surface area contributed by atoms with Crippen molar-refractivity contribution in [2.75, 3.05) is 13.1 Å². The van der Waals surface area contributed by atoms with Crippen LogP contribution >= 0.6 is 0 Å². The average Bonchev–Trinajstić information content (AvgIpc) is 2.83. The lowest BCUT2D eigenvalue weighted by Crippen LogP contribution is -2.40. The highest BCUT2D eigenvalue weighted by Crippen LogP contribution is 2.40. The third kappa shape index (κ3) is 2.30. The number of β-amino-alcohol motifs (C(OH)–C–C–N with tert-alkyl or cyclic N) is 1. The van der Waals surface area contributed by atoms with E-state index in [1.807, 2.05) is 20.8 Å². The highest BCUT2D eigenvalue weighted by Gasteiger charge is 2.51. The van der Waals surface area contributed by atoms with Gasteiger partial charge in [0, 0.05) is 31.2 Å². The van der Waals surface area contributed by atoms with Gasteiger partial charge >= 0.3 is 0 Å². The van der Waals surface area contributed by atoms with Crippen LogP contribution in [0.1, 0.15) is 27.7 Å². The predicted octanol–water partition coefficient (Wildman–Crippen LogP) is 0.684. The van der Waals surface area contributed by atoms with Crippen molar-refractivity contribution in [3.8, 4) is 0 Å². The summed E-state index contributed by atoms with van der Waals surface area (Å²) in [5.74, 6) is 0. The summed E-state index contributed by atoms with van der Waals surface area (Å²) in [6, 6.07) is 0. The summed E-state index contributed by atoms with van der Waals surface area (Å²) >= 11 is 0. The Bertz CT molecular complexity index is 559. The Morgan fingerprint density at radius 2 is 2.00 bits per heavy atom. The van der Waals surface area contributed by atoms with Crippen molar-refractivity contribution in [2.24, 2.45) is 5.41 Å². The number of nitrogens with zero attached hydrogens (tertiary/aromatic N) is 3. The second kappa shape index (κ2) is 4.29. The molecule has 0 radical (unpaired) electrons. The summed E-state index contributed by atoms with van der Waals surface area (Å²) in [5, 5.41) is 14.3. The van der Waals surface area contributed by atoms with Crippen molar-refractivity contribution < 1.29 is 13.5 Å². The van der Waals surface area contributed by atoms with E-state index in [0.29, 0.717) is 13.1 Å². The Labute approximate surface area is 114 Å². The predicted molar refractivity (Wildman–Crippen MR) is 71.1 cm³/mol. The van der Waals surface area contributed by atoms with E-state index in [1.54, 1.807) is 11.6 Å². The highest BCUT2D eigenvalue weighted by atomic mass is 32.2. The number of aryl methyl sites for hydroxylation is 1. The molecule has 0 amide bonds. The molecule has 0 aliphatic carbocycles. The topological polar surface area (TPSA) is 75.4 Å². The Kier molecular flexibility index (Phi) is 3.27. The smallest absolute Gasteiger partial charge is 0.246 e. The van der Waals surface area contributed by atoms with Gasteiger partial charge in [-0.2, -0.15) is 9.40 Å². The van der Waals surface area contributed by atoms with E-state index in [9.17, 15) is 13.5 Å². The molecule has 1 aromatic rings. The Balaban J connectivity index is 2.32. The SMILES string of the molecule is CCn1cc(S(=O)(=O)N2CC(C)(C)[C@](C)(O)C2)cn1. The van der Waals surface area contributed by atoms with Gasteiger partial charge in [-0.3, -0.25) is 4.68 Å². The van der Waals surface area contributed by atoms with Crippen LogP contribution in [0.5, 0.6) is 0 Å². The first-order valence-electron chi connectivity index (χ1n) is 6.35. The molecule has 0 unspecified atom stereocenters. The second-order valence-corrected chi connectivity index (χ2v) is 7.90. The summed E-state index contributed by atoms with van der Waals surface area (Å²) < 4.78 is 27.9. The zero-order valence-electron chi connectivity index (χ0n) is 11.8. The van der Waals surface area contributed by atoms with Gasteiger partial charge in [-0.1, -0.05) is 13.8 Å². The van der Waals surface area contributed by atoms with Crippen LogP contribution in [0.25, 0.3) is 0 Å². The van der Waals surface area contributed by atoms with E-state index >= 15 is 0 Å². The van der Waals surface area contributed by atoms with Crippen molar-refractivity contribution in [1.82, 2.24) is 14.1 Å².